The Morgan fingerprint density at radius 1 is 1.33 bits per heavy atom. The first-order chi connectivity index (χ1) is 7.08. The van der Waals surface area contributed by atoms with Crippen molar-refractivity contribution in [1.29, 1.82) is 0 Å². The van der Waals surface area contributed by atoms with Crippen molar-refractivity contribution < 1.29 is 4.79 Å². The van der Waals surface area contributed by atoms with Gasteiger partial charge in [0, 0.05) is 16.6 Å². The average Bonchev–Trinajstić information content (AvgIpc) is 2.16. The summed E-state index contributed by atoms with van der Waals surface area (Å²) < 4.78 is 1.03. The van der Waals surface area contributed by atoms with Gasteiger partial charge in [0.1, 0.15) is 0 Å². The topological polar surface area (TPSA) is 29.1 Å². The summed E-state index contributed by atoms with van der Waals surface area (Å²) in [4.78, 5) is 11.3. The van der Waals surface area contributed by atoms with Crippen LogP contribution in [0.2, 0.25) is 0 Å². The maximum absolute atomic E-state index is 11.3. The molecule has 1 aromatic rings. The molecule has 0 radical (unpaired) electrons. The highest BCUT2D eigenvalue weighted by atomic mass is 79.9. The Labute approximate surface area is 98.5 Å². The number of carbonyl (C=O) groups excluding carboxylic acids is 1. The zero-order valence-electron chi connectivity index (χ0n) is 8.83. The molecule has 80 valence electrons. The van der Waals surface area contributed by atoms with Crippen LogP contribution in [0.1, 0.15) is 19.4 Å². The number of nitrogens with one attached hydrogen (secondary N) is 1. The van der Waals surface area contributed by atoms with E-state index < -0.39 is 0 Å². The molecule has 0 unspecified atom stereocenters. The number of benzene rings is 1. The van der Waals surface area contributed by atoms with Gasteiger partial charge in [-0.25, -0.2) is 0 Å². The average molecular weight is 268 g/mol. The number of rotatable bonds is 3. The van der Waals surface area contributed by atoms with Gasteiger partial charge in [-0.3, -0.25) is 4.79 Å². The lowest BCUT2D eigenvalue weighted by molar-refractivity contribution is -0.116. The van der Waals surface area contributed by atoms with Crippen LogP contribution in [0.3, 0.4) is 0 Å². The Kier molecular flexibility index (Phi) is 4.56. The second kappa shape index (κ2) is 5.71. The van der Waals surface area contributed by atoms with Crippen LogP contribution >= 0.6 is 15.9 Å². The van der Waals surface area contributed by atoms with E-state index in [1.165, 1.54) is 0 Å². The molecule has 0 saturated carbocycles. The van der Waals surface area contributed by atoms with Crippen molar-refractivity contribution >= 4 is 27.9 Å². The van der Waals surface area contributed by atoms with E-state index in [4.69, 9.17) is 0 Å². The molecule has 0 aromatic heterocycles. The molecule has 2 nitrogen and oxygen atoms in total. The first-order valence-electron chi connectivity index (χ1n) is 4.82. The Bertz CT molecular complexity index is 354. The van der Waals surface area contributed by atoms with E-state index in [1.54, 1.807) is 12.2 Å². The van der Waals surface area contributed by atoms with E-state index in [0.717, 1.165) is 10.0 Å². The van der Waals surface area contributed by atoms with Crippen molar-refractivity contribution in [3.05, 3.63) is 40.4 Å². The summed E-state index contributed by atoms with van der Waals surface area (Å²) >= 11 is 3.35. The fourth-order valence-electron chi connectivity index (χ4n) is 1.08. The number of amides is 1. The quantitative estimate of drug-likeness (QED) is 0.839. The largest absolute Gasteiger partial charge is 0.350 e. The molecular weight excluding hydrogens is 254 g/mol. The van der Waals surface area contributed by atoms with Gasteiger partial charge in [-0.2, -0.15) is 0 Å². The van der Waals surface area contributed by atoms with Crippen LogP contribution < -0.4 is 5.32 Å². The van der Waals surface area contributed by atoms with E-state index in [-0.39, 0.29) is 11.9 Å². The van der Waals surface area contributed by atoms with E-state index in [2.05, 4.69) is 21.2 Å². The van der Waals surface area contributed by atoms with Crippen LogP contribution in [-0.4, -0.2) is 11.9 Å². The van der Waals surface area contributed by atoms with Gasteiger partial charge >= 0.3 is 0 Å². The summed E-state index contributed by atoms with van der Waals surface area (Å²) in [6.45, 7) is 3.87. The van der Waals surface area contributed by atoms with Gasteiger partial charge in [0.05, 0.1) is 0 Å². The molecule has 0 fully saturated rings. The zero-order valence-corrected chi connectivity index (χ0v) is 10.4. The number of hydrogen-bond acceptors (Lipinski definition) is 1. The first-order valence-corrected chi connectivity index (χ1v) is 5.61. The molecule has 1 rings (SSSR count). The number of hydrogen-bond donors (Lipinski definition) is 1. The van der Waals surface area contributed by atoms with E-state index in [1.807, 2.05) is 38.1 Å². The Morgan fingerprint density at radius 2 is 1.93 bits per heavy atom. The maximum Gasteiger partial charge on any atom is 0.244 e. The zero-order chi connectivity index (χ0) is 11.3. The molecule has 0 aliphatic carbocycles. The second-order valence-electron chi connectivity index (χ2n) is 3.55. The van der Waals surface area contributed by atoms with Crippen molar-refractivity contribution in [3.8, 4) is 0 Å². The molecule has 0 heterocycles. The molecule has 0 spiro atoms. The first kappa shape index (κ1) is 12.0. The fourth-order valence-corrected chi connectivity index (χ4v) is 1.34. The van der Waals surface area contributed by atoms with Crippen LogP contribution in [0.4, 0.5) is 0 Å². The van der Waals surface area contributed by atoms with Gasteiger partial charge in [-0.15, -0.1) is 0 Å². The van der Waals surface area contributed by atoms with Crippen molar-refractivity contribution in [2.45, 2.75) is 19.9 Å². The third-order valence-corrected chi connectivity index (χ3v) is 2.26. The smallest absolute Gasteiger partial charge is 0.244 e. The summed E-state index contributed by atoms with van der Waals surface area (Å²) in [5.41, 5.74) is 1.01. The Morgan fingerprint density at radius 3 is 2.47 bits per heavy atom. The molecule has 1 aromatic carbocycles. The molecule has 0 aliphatic heterocycles. The molecule has 1 N–H and O–H groups in total. The third-order valence-electron chi connectivity index (χ3n) is 1.73. The van der Waals surface area contributed by atoms with Crippen LogP contribution in [0, 0.1) is 0 Å². The SMILES string of the molecule is CC(C)NC(=O)C=Cc1ccc(Br)cc1. The molecule has 0 bridgehead atoms. The molecule has 0 atom stereocenters. The monoisotopic (exact) mass is 267 g/mol. The minimum absolute atomic E-state index is 0.0621. The predicted octanol–water partition coefficient (Wildman–Crippen LogP) is 2.99. The van der Waals surface area contributed by atoms with Gasteiger partial charge in [0.15, 0.2) is 0 Å². The van der Waals surface area contributed by atoms with Crippen LogP contribution in [0.25, 0.3) is 6.08 Å². The van der Waals surface area contributed by atoms with Gasteiger partial charge in [-0.05, 0) is 37.6 Å². The van der Waals surface area contributed by atoms with Crippen molar-refractivity contribution in [3.63, 3.8) is 0 Å². The predicted molar refractivity (Wildman–Crippen MR) is 66.5 cm³/mol. The van der Waals surface area contributed by atoms with Crippen molar-refractivity contribution in [1.82, 2.24) is 5.32 Å². The minimum atomic E-state index is -0.0621. The highest BCUT2D eigenvalue weighted by Crippen LogP contribution is 2.11. The molecule has 15 heavy (non-hydrogen) atoms. The van der Waals surface area contributed by atoms with Crippen molar-refractivity contribution in [2.75, 3.05) is 0 Å². The van der Waals surface area contributed by atoms with Gasteiger partial charge in [0.25, 0.3) is 0 Å². The van der Waals surface area contributed by atoms with Crippen LogP contribution in [0.15, 0.2) is 34.8 Å². The lowest BCUT2D eigenvalue weighted by Crippen LogP contribution is -2.28. The third kappa shape index (κ3) is 4.79. The normalized spacial score (nSPS) is 10.9. The Hall–Kier alpha value is -1.09. The van der Waals surface area contributed by atoms with E-state index in [0.29, 0.717) is 0 Å². The molecule has 0 aliphatic rings. The molecular formula is C12H14BrNO. The number of halogens is 1. The second-order valence-corrected chi connectivity index (χ2v) is 4.46. The summed E-state index contributed by atoms with van der Waals surface area (Å²) in [5, 5.41) is 2.79. The van der Waals surface area contributed by atoms with Crippen molar-refractivity contribution in [2.24, 2.45) is 0 Å². The summed E-state index contributed by atoms with van der Waals surface area (Å²) in [6, 6.07) is 7.96. The van der Waals surface area contributed by atoms with Crippen LogP contribution in [-0.2, 0) is 4.79 Å². The lowest BCUT2D eigenvalue weighted by Gasteiger charge is -2.03. The fraction of sp³-hybridized carbons (Fsp3) is 0.250. The molecule has 0 saturated heterocycles. The summed E-state index contributed by atoms with van der Waals surface area (Å²) in [6.07, 6.45) is 3.34. The van der Waals surface area contributed by atoms with E-state index in [9.17, 15) is 4.79 Å². The Balaban J connectivity index is 2.57. The minimum Gasteiger partial charge on any atom is -0.350 e. The number of carbonyl (C=O) groups is 1. The lowest BCUT2D eigenvalue weighted by atomic mass is 10.2. The summed E-state index contributed by atoms with van der Waals surface area (Å²) in [5.74, 6) is -0.0621. The van der Waals surface area contributed by atoms with Gasteiger partial charge in [0.2, 0.25) is 5.91 Å². The maximum atomic E-state index is 11.3. The highest BCUT2D eigenvalue weighted by Gasteiger charge is 1.97. The molecule has 1 amide bonds. The van der Waals surface area contributed by atoms with Gasteiger partial charge in [-0.1, -0.05) is 28.1 Å². The molecule has 3 heteroatoms. The summed E-state index contributed by atoms with van der Waals surface area (Å²) in [7, 11) is 0. The van der Waals surface area contributed by atoms with E-state index >= 15 is 0 Å². The highest BCUT2D eigenvalue weighted by molar-refractivity contribution is 9.10. The standard InChI is InChI=1S/C12H14BrNO/c1-9(2)14-12(15)8-5-10-3-6-11(13)7-4-10/h3-9H,1-2H3,(H,14,15). The van der Waals surface area contributed by atoms with Gasteiger partial charge < -0.3 is 5.32 Å². The van der Waals surface area contributed by atoms with Crippen LogP contribution in [0.5, 0.6) is 0 Å².